The van der Waals surface area contributed by atoms with E-state index in [4.69, 9.17) is 0 Å². The lowest BCUT2D eigenvalue weighted by Gasteiger charge is -2.26. The maximum atomic E-state index is 4.58. The average Bonchev–Trinajstić information content (AvgIpc) is 3.29. The third-order valence-corrected chi connectivity index (χ3v) is 11.9. The number of unbranched alkanes of at least 4 members (excludes halogenated alkanes) is 28. The molecule has 0 aliphatic carbocycles. The standard InChI is InChI=1S/C16H35N.C15H33N.2C10H23N.C9H21N3/c1-4-6-8-10-12-14-16-17(3)15-13-11-9-7-5-2;1-3-5-7-9-11-13-15-16-14-12-10-8-6-4-2;2*1-3-5-6-7-8-9-10-11-4-2;1-9(2,3)10-8(11(4)5)12(6)7/h4-16H2,1-3H3;16H,3-15H2,1-2H3;2*11H,3-10H2,1-2H3;1-7H3. The van der Waals surface area contributed by atoms with Gasteiger partial charge in [-0.25, -0.2) is 4.99 Å². The van der Waals surface area contributed by atoms with Crippen molar-refractivity contribution in [1.82, 2.24) is 30.7 Å². The summed E-state index contributed by atoms with van der Waals surface area (Å²) < 4.78 is 0. The van der Waals surface area contributed by atoms with Gasteiger partial charge in [0.1, 0.15) is 0 Å². The van der Waals surface area contributed by atoms with Crippen LogP contribution in [0.15, 0.2) is 4.99 Å². The van der Waals surface area contributed by atoms with Gasteiger partial charge in [-0.2, -0.15) is 0 Å². The Kier molecular flexibility index (Phi) is 75.3. The van der Waals surface area contributed by atoms with Gasteiger partial charge < -0.3 is 30.7 Å². The minimum Gasteiger partial charge on any atom is -0.349 e. The Morgan fingerprint density at radius 1 is 0.313 bits per heavy atom. The largest absolute Gasteiger partial charge is 0.349 e. The van der Waals surface area contributed by atoms with E-state index >= 15 is 0 Å². The van der Waals surface area contributed by atoms with Crippen molar-refractivity contribution in [1.29, 1.82) is 0 Å². The highest BCUT2D eigenvalue weighted by Crippen LogP contribution is 2.10. The molecule has 7 nitrogen and oxygen atoms in total. The molecule has 0 atom stereocenters. The zero-order valence-electron chi connectivity index (χ0n) is 50.0. The van der Waals surface area contributed by atoms with Crippen molar-refractivity contribution in [3.63, 3.8) is 0 Å². The van der Waals surface area contributed by atoms with Crippen molar-refractivity contribution in [2.24, 2.45) is 4.99 Å². The first-order valence-corrected chi connectivity index (χ1v) is 30.0. The molecule has 0 aliphatic rings. The number of nitrogens with zero attached hydrogens (tertiary/aromatic N) is 4. The van der Waals surface area contributed by atoms with Crippen molar-refractivity contribution in [2.75, 3.05) is 87.6 Å². The molecule has 0 radical (unpaired) electrons. The van der Waals surface area contributed by atoms with Crippen LogP contribution in [0.5, 0.6) is 0 Å². The molecule has 0 aromatic rings. The highest BCUT2D eigenvalue weighted by molar-refractivity contribution is 5.79. The normalized spacial score (nSPS) is 10.8. The van der Waals surface area contributed by atoms with Crippen LogP contribution in [0.3, 0.4) is 0 Å². The quantitative estimate of drug-likeness (QED) is 0.0322. The van der Waals surface area contributed by atoms with Crippen LogP contribution in [0.1, 0.15) is 294 Å². The van der Waals surface area contributed by atoms with Crippen LogP contribution < -0.4 is 16.0 Å². The fraction of sp³-hybridized carbons (Fsp3) is 0.983. The van der Waals surface area contributed by atoms with E-state index in [9.17, 15) is 0 Å². The van der Waals surface area contributed by atoms with Crippen LogP contribution in [-0.4, -0.2) is 114 Å². The zero-order chi connectivity index (χ0) is 51.3. The molecule has 0 saturated carbocycles. The van der Waals surface area contributed by atoms with Crippen molar-refractivity contribution in [3.05, 3.63) is 0 Å². The maximum absolute atomic E-state index is 4.58. The van der Waals surface area contributed by atoms with Gasteiger partial charge in [-0.1, -0.05) is 235 Å². The van der Waals surface area contributed by atoms with E-state index in [1.54, 1.807) is 0 Å². The smallest absolute Gasteiger partial charge is 0.196 e. The molecule has 67 heavy (non-hydrogen) atoms. The SMILES string of the molecule is CCCCCCCCN(C)CCCCCCC.CCCCCCCCNCC.CCCCCCCCNCC.CCCCCCCCNCCCCCCC.CN(C)C(=NC(C)(C)C)N(C)C. The molecular weight excluding hydrogens is 819 g/mol. The van der Waals surface area contributed by atoms with E-state index in [0.29, 0.717) is 0 Å². The second-order valence-electron chi connectivity index (χ2n) is 21.0. The first-order valence-electron chi connectivity index (χ1n) is 30.0. The summed E-state index contributed by atoms with van der Waals surface area (Å²) in [4.78, 5) is 11.1. The first kappa shape index (κ1) is 75.0. The second-order valence-corrected chi connectivity index (χ2v) is 21.0. The number of hydrogen-bond donors (Lipinski definition) is 3. The van der Waals surface area contributed by atoms with E-state index in [0.717, 1.165) is 19.0 Å². The summed E-state index contributed by atoms with van der Waals surface area (Å²) in [6.45, 7) is 34.0. The summed E-state index contributed by atoms with van der Waals surface area (Å²) in [5.41, 5.74) is -0.0100. The minimum absolute atomic E-state index is 0.0100. The van der Waals surface area contributed by atoms with Gasteiger partial charge in [0.15, 0.2) is 5.96 Å². The van der Waals surface area contributed by atoms with Gasteiger partial charge in [0, 0.05) is 28.2 Å². The van der Waals surface area contributed by atoms with Gasteiger partial charge >= 0.3 is 0 Å². The fourth-order valence-electron chi connectivity index (χ4n) is 7.58. The summed E-state index contributed by atoms with van der Waals surface area (Å²) in [6, 6.07) is 0. The molecule has 0 fully saturated rings. The molecule has 7 heteroatoms. The maximum Gasteiger partial charge on any atom is 0.196 e. The zero-order valence-corrected chi connectivity index (χ0v) is 50.0. The van der Waals surface area contributed by atoms with Gasteiger partial charge in [0.25, 0.3) is 0 Å². The molecule has 0 aromatic heterocycles. The summed E-state index contributed by atoms with van der Waals surface area (Å²) >= 11 is 0. The monoisotopic (exact) mass is 954 g/mol. The number of aliphatic imine (C=N–C) groups is 1. The fourth-order valence-corrected chi connectivity index (χ4v) is 7.58. The summed E-state index contributed by atoms with van der Waals surface area (Å²) in [7, 11) is 10.3. The molecular formula is C60H135N7. The Morgan fingerprint density at radius 2 is 0.537 bits per heavy atom. The molecule has 410 valence electrons. The van der Waals surface area contributed by atoms with Crippen molar-refractivity contribution >= 4 is 5.96 Å². The molecule has 0 saturated heterocycles. The molecule has 0 bridgehead atoms. The second kappa shape index (κ2) is 67.2. The van der Waals surface area contributed by atoms with Gasteiger partial charge in [-0.15, -0.1) is 0 Å². The number of rotatable bonds is 42. The Labute approximate surface area is 427 Å². The number of guanidine groups is 1. The van der Waals surface area contributed by atoms with E-state index in [1.807, 2.05) is 38.0 Å². The molecule has 0 aromatic carbocycles. The van der Waals surface area contributed by atoms with Gasteiger partial charge in [0.05, 0.1) is 5.54 Å². The summed E-state index contributed by atoms with van der Waals surface area (Å²) in [5, 5.41) is 10.2. The van der Waals surface area contributed by atoms with Crippen molar-refractivity contribution < 1.29 is 0 Å². The van der Waals surface area contributed by atoms with Crippen LogP contribution >= 0.6 is 0 Å². The third kappa shape index (κ3) is 82.4. The van der Waals surface area contributed by atoms with Gasteiger partial charge in [-0.3, -0.25) is 0 Å². The molecule has 0 rings (SSSR count). The molecule has 0 spiro atoms. The van der Waals surface area contributed by atoms with Crippen LogP contribution in [-0.2, 0) is 0 Å². The first-order chi connectivity index (χ1) is 32.3. The molecule has 0 amide bonds. The Hall–Kier alpha value is -0.890. The summed E-state index contributed by atoms with van der Waals surface area (Å²) in [5.74, 6) is 1.00. The predicted octanol–water partition coefficient (Wildman–Crippen LogP) is 17.3. The highest BCUT2D eigenvalue weighted by atomic mass is 15.3. The van der Waals surface area contributed by atoms with E-state index in [1.165, 1.54) is 258 Å². The Bertz CT molecular complexity index is 783. The Morgan fingerprint density at radius 3 is 0.746 bits per heavy atom. The lowest BCUT2D eigenvalue weighted by Crippen LogP contribution is -2.37. The van der Waals surface area contributed by atoms with E-state index in [-0.39, 0.29) is 5.54 Å². The lowest BCUT2D eigenvalue weighted by atomic mass is 10.1. The van der Waals surface area contributed by atoms with Gasteiger partial charge in [-0.05, 0) is 119 Å². The topological polar surface area (TPSA) is 58.2 Å². The van der Waals surface area contributed by atoms with E-state index < -0.39 is 0 Å². The van der Waals surface area contributed by atoms with E-state index in [2.05, 4.69) is 109 Å². The van der Waals surface area contributed by atoms with Crippen LogP contribution in [0.25, 0.3) is 0 Å². The van der Waals surface area contributed by atoms with Crippen LogP contribution in [0, 0.1) is 0 Å². The minimum atomic E-state index is -0.0100. The van der Waals surface area contributed by atoms with Crippen molar-refractivity contribution in [2.45, 2.75) is 300 Å². The molecule has 0 heterocycles. The van der Waals surface area contributed by atoms with Gasteiger partial charge in [0.2, 0.25) is 0 Å². The molecule has 0 aliphatic heterocycles. The van der Waals surface area contributed by atoms with Crippen LogP contribution in [0.2, 0.25) is 0 Å². The molecule has 0 unspecified atom stereocenters. The van der Waals surface area contributed by atoms with Crippen molar-refractivity contribution in [3.8, 4) is 0 Å². The number of hydrogen-bond acceptors (Lipinski definition) is 5. The predicted molar refractivity (Wildman–Crippen MR) is 313 cm³/mol. The average molecular weight is 955 g/mol. The van der Waals surface area contributed by atoms with Crippen LogP contribution in [0.4, 0.5) is 0 Å². The lowest BCUT2D eigenvalue weighted by molar-refractivity contribution is 0.314. The Balaban J connectivity index is -0.000000242. The summed E-state index contributed by atoms with van der Waals surface area (Å²) in [6.07, 6.45) is 47.8. The highest BCUT2D eigenvalue weighted by Gasteiger charge is 2.12. The molecule has 3 N–H and O–H groups in total. The number of nitrogens with one attached hydrogen (secondary N) is 3. The third-order valence-electron chi connectivity index (χ3n) is 11.9.